The van der Waals surface area contributed by atoms with Gasteiger partial charge in [-0.3, -0.25) is 14.9 Å². The van der Waals surface area contributed by atoms with E-state index in [9.17, 15) is 14.9 Å². The van der Waals surface area contributed by atoms with Gasteiger partial charge in [-0.05, 0) is 25.1 Å². The van der Waals surface area contributed by atoms with E-state index in [2.05, 4.69) is 5.32 Å². The maximum Gasteiger partial charge on any atom is 0.270 e. The van der Waals surface area contributed by atoms with Crippen molar-refractivity contribution in [2.24, 2.45) is 0 Å². The first-order valence-corrected chi connectivity index (χ1v) is 7.78. The van der Waals surface area contributed by atoms with E-state index in [4.69, 9.17) is 9.15 Å². The Morgan fingerprint density at radius 3 is 2.65 bits per heavy atom. The number of nitro benzene ring substituents is 1. The molecule has 0 aliphatic rings. The molecule has 0 radical (unpaired) electrons. The Kier molecular flexibility index (Phi) is 4.70. The highest BCUT2D eigenvalue weighted by Gasteiger charge is 2.17. The van der Waals surface area contributed by atoms with Crippen LogP contribution in [-0.2, 0) is 0 Å². The van der Waals surface area contributed by atoms with Gasteiger partial charge in [0.25, 0.3) is 11.6 Å². The van der Waals surface area contributed by atoms with Gasteiger partial charge in [0.2, 0.25) is 0 Å². The number of carbonyl (C=O) groups is 1. The number of non-ortho nitro benzene ring substituents is 1. The molecule has 0 aliphatic heterocycles. The number of ether oxygens (including phenoxy) is 1. The second-order valence-corrected chi connectivity index (χ2v) is 5.57. The molecule has 0 fully saturated rings. The predicted octanol–water partition coefficient (Wildman–Crippen LogP) is 4.42. The molecule has 3 aromatic rings. The fourth-order valence-corrected chi connectivity index (χ4v) is 2.52. The number of amides is 1. The van der Waals surface area contributed by atoms with Gasteiger partial charge < -0.3 is 14.5 Å². The maximum absolute atomic E-state index is 12.5. The molecule has 3 rings (SSSR count). The molecule has 1 amide bonds. The first kappa shape index (κ1) is 17.2. The number of furan rings is 1. The summed E-state index contributed by atoms with van der Waals surface area (Å²) in [5, 5.41) is 13.7. The zero-order valence-corrected chi connectivity index (χ0v) is 14.2. The summed E-state index contributed by atoms with van der Waals surface area (Å²) in [4.78, 5) is 23.0. The topological polar surface area (TPSA) is 94.6 Å². The number of nitro groups is 1. The second kappa shape index (κ2) is 7.10. The number of rotatable bonds is 5. The van der Waals surface area contributed by atoms with Gasteiger partial charge in [0.05, 0.1) is 17.6 Å². The second-order valence-electron chi connectivity index (χ2n) is 5.57. The smallest absolute Gasteiger partial charge is 0.270 e. The molecule has 26 heavy (non-hydrogen) atoms. The molecule has 7 nitrogen and oxygen atoms in total. The van der Waals surface area contributed by atoms with Crippen molar-refractivity contribution in [3.63, 3.8) is 0 Å². The highest BCUT2D eigenvalue weighted by Crippen LogP contribution is 2.28. The van der Waals surface area contributed by atoms with E-state index < -0.39 is 4.92 Å². The van der Waals surface area contributed by atoms with Gasteiger partial charge >= 0.3 is 0 Å². The van der Waals surface area contributed by atoms with Gasteiger partial charge in [-0.1, -0.05) is 18.2 Å². The van der Waals surface area contributed by atoms with Crippen LogP contribution in [-0.4, -0.2) is 17.9 Å². The van der Waals surface area contributed by atoms with Crippen LogP contribution in [0.15, 0.2) is 59.0 Å². The van der Waals surface area contributed by atoms with Gasteiger partial charge in [0, 0.05) is 29.4 Å². The van der Waals surface area contributed by atoms with Crippen molar-refractivity contribution >= 4 is 17.3 Å². The van der Waals surface area contributed by atoms with Crippen molar-refractivity contribution in [2.45, 2.75) is 6.92 Å². The van der Waals surface area contributed by atoms with Crippen LogP contribution < -0.4 is 10.1 Å². The minimum atomic E-state index is -0.476. The number of carbonyl (C=O) groups excluding carboxylic acids is 1. The van der Waals surface area contributed by atoms with Crippen molar-refractivity contribution < 1.29 is 18.9 Å². The third-order valence-electron chi connectivity index (χ3n) is 3.83. The molecule has 0 bridgehead atoms. The Morgan fingerprint density at radius 2 is 1.92 bits per heavy atom. The van der Waals surface area contributed by atoms with Crippen molar-refractivity contribution in [3.8, 4) is 17.1 Å². The highest BCUT2D eigenvalue weighted by atomic mass is 16.6. The largest absolute Gasteiger partial charge is 0.497 e. The van der Waals surface area contributed by atoms with Crippen LogP contribution in [0.2, 0.25) is 0 Å². The van der Waals surface area contributed by atoms with E-state index in [1.165, 1.54) is 12.1 Å². The van der Waals surface area contributed by atoms with E-state index in [1.54, 1.807) is 56.5 Å². The minimum absolute atomic E-state index is 0.0427. The zero-order chi connectivity index (χ0) is 18.7. The van der Waals surface area contributed by atoms with E-state index in [-0.39, 0.29) is 11.6 Å². The first-order chi connectivity index (χ1) is 12.5. The lowest BCUT2D eigenvalue weighted by Crippen LogP contribution is -2.12. The first-order valence-electron chi connectivity index (χ1n) is 7.78. The summed E-state index contributed by atoms with van der Waals surface area (Å²) in [6.45, 7) is 1.67. The summed E-state index contributed by atoms with van der Waals surface area (Å²) in [5.41, 5.74) is 1.43. The van der Waals surface area contributed by atoms with Crippen molar-refractivity contribution in [1.29, 1.82) is 0 Å². The van der Waals surface area contributed by atoms with Crippen molar-refractivity contribution in [1.82, 2.24) is 0 Å². The number of nitrogens with one attached hydrogen (secondary N) is 1. The van der Waals surface area contributed by atoms with E-state index in [1.807, 2.05) is 0 Å². The van der Waals surface area contributed by atoms with Crippen LogP contribution in [0.3, 0.4) is 0 Å². The molecule has 0 saturated carbocycles. The molecule has 7 heteroatoms. The molecular weight excluding hydrogens is 336 g/mol. The Hall–Kier alpha value is -3.61. The molecule has 0 atom stereocenters. The van der Waals surface area contributed by atoms with Gasteiger partial charge in [0.15, 0.2) is 0 Å². The normalized spacial score (nSPS) is 10.4. The lowest BCUT2D eigenvalue weighted by Gasteiger charge is -2.06. The van der Waals surface area contributed by atoms with Gasteiger partial charge in [0.1, 0.15) is 17.3 Å². The Balaban J connectivity index is 1.86. The summed E-state index contributed by atoms with van der Waals surface area (Å²) in [5.74, 6) is 1.11. The number of hydrogen-bond donors (Lipinski definition) is 1. The molecule has 132 valence electrons. The lowest BCUT2D eigenvalue weighted by atomic mass is 10.1. The van der Waals surface area contributed by atoms with Crippen LogP contribution in [0.4, 0.5) is 11.4 Å². The Morgan fingerprint density at radius 1 is 1.15 bits per heavy atom. The number of aryl methyl sites for hydroxylation is 1. The van der Waals surface area contributed by atoms with Crippen LogP contribution >= 0.6 is 0 Å². The molecule has 1 N–H and O–H groups in total. The SMILES string of the molecule is COc1cccc(NC(=O)c2cc(-c3cccc([N+](=O)[O-])c3)oc2C)c1. The summed E-state index contributed by atoms with van der Waals surface area (Å²) in [6.07, 6.45) is 0. The monoisotopic (exact) mass is 352 g/mol. The summed E-state index contributed by atoms with van der Waals surface area (Å²) < 4.78 is 10.8. The zero-order valence-electron chi connectivity index (χ0n) is 14.2. The lowest BCUT2D eigenvalue weighted by molar-refractivity contribution is -0.384. The van der Waals surface area contributed by atoms with Gasteiger partial charge in [-0.25, -0.2) is 0 Å². The van der Waals surface area contributed by atoms with E-state index in [0.29, 0.717) is 34.1 Å². The average molecular weight is 352 g/mol. The molecule has 0 unspecified atom stereocenters. The average Bonchev–Trinajstić information content (AvgIpc) is 3.04. The van der Waals surface area contributed by atoms with Crippen molar-refractivity contribution in [3.05, 3.63) is 76.0 Å². The third kappa shape index (κ3) is 3.56. The fraction of sp³-hybridized carbons (Fsp3) is 0.105. The highest BCUT2D eigenvalue weighted by molar-refractivity contribution is 6.05. The summed E-state index contributed by atoms with van der Waals surface area (Å²) in [6, 6.07) is 14.6. The van der Waals surface area contributed by atoms with Gasteiger partial charge in [-0.2, -0.15) is 0 Å². The fourth-order valence-electron chi connectivity index (χ4n) is 2.52. The number of methoxy groups -OCH3 is 1. The Bertz CT molecular complexity index is 978. The van der Waals surface area contributed by atoms with Crippen LogP contribution in [0, 0.1) is 17.0 Å². The summed E-state index contributed by atoms with van der Waals surface area (Å²) in [7, 11) is 1.55. The number of benzene rings is 2. The molecule has 0 spiro atoms. The number of anilines is 1. The molecule has 0 aliphatic carbocycles. The third-order valence-corrected chi connectivity index (χ3v) is 3.83. The van der Waals surface area contributed by atoms with Gasteiger partial charge in [-0.15, -0.1) is 0 Å². The maximum atomic E-state index is 12.5. The molecule has 1 aromatic heterocycles. The van der Waals surface area contributed by atoms with Crippen molar-refractivity contribution in [2.75, 3.05) is 12.4 Å². The van der Waals surface area contributed by atoms with E-state index >= 15 is 0 Å². The predicted molar refractivity (Wildman–Crippen MR) is 96.5 cm³/mol. The standard InChI is InChI=1S/C19H16N2O5/c1-12-17(19(22)20-14-6-4-8-16(10-14)25-2)11-18(26-12)13-5-3-7-15(9-13)21(23)24/h3-11H,1-2H3,(H,20,22). The quantitative estimate of drug-likeness (QED) is 0.541. The molecule has 0 saturated heterocycles. The minimum Gasteiger partial charge on any atom is -0.497 e. The molecule has 2 aromatic carbocycles. The number of nitrogens with zero attached hydrogens (tertiary/aromatic N) is 1. The van der Waals surface area contributed by atoms with Crippen LogP contribution in [0.25, 0.3) is 11.3 Å². The summed E-state index contributed by atoms with van der Waals surface area (Å²) >= 11 is 0. The van der Waals surface area contributed by atoms with Crippen LogP contribution in [0.5, 0.6) is 5.75 Å². The molecular formula is C19H16N2O5. The molecule has 1 heterocycles. The Labute approximate surface area is 149 Å². The van der Waals surface area contributed by atoms with Crippen LogP contribution in [0.1, 0.15) is 16.1 Å². The van der Waals surface area contributed by atoms with E-state index in [0.717, 1.165) is 0 Å². The number of hydrogen-bond acceptors (Lipinski definition) is 5.